The molecule has 0 fully saturated rings. The van der Waals surface area contributed by atoms with Gasteiger partial charge in [0.1, 0.15) is 0 Å². The van der Waals surface area contributed by atoms with E-state index in [0.717, 1.165) is 25.1 Å². The van der Waals surface area contributed by atoms with E-state index in [1.807, 2.05) is 19.1 Å². The van der Waals surface area contributed by atoms with Gasteiger partial charge in [-0.1, -0.05) is 13.0 Å². The van der Waals surface area contributed by atoms with Gasteiger partial charge in [0.25, 0.3) is 0 Å². The second kappa shape index (κ2) is 6.89. The van der Waals surface area contributed by atoms with Crippen LogP contribution in [0.15, 0.2) is 34.0 Å². The van der Waals surface area contributed by atoms with E-state index in [1.165, 1.54) is 5.70 Å². The molecule has 0 spiro atoms. The van der Waals surface area contributed by atoms with Gasteiger partial charge in [-0.15, -0.1) is 0 Å². The Morgan fingerprint density at radius 1 is 1.59 bits per heavy atom. The fourth-order valence-electron chi connectivity index (χ4n) is 1.63. The summed E-state index contributed by atoms with van der Waals surface area (Å²) in [5.41, 5.74) is 2.21. The van der Waals surface area contributed by atoms with Crippen LogP contribution in [0.2, 0.25) is 0 Å². The highest BCUT2D eigenvalue weighted by Gasteiger charge is 2.09. The minimum Gasteiger partial charge on any atom is -0.379 e. The third-order valence-corrected chi connectivity index (χ3v) is 2.57. The molecule has 0 unspecified atom stereocenters. The molecule has 1 aliphatic rings. The van der Waals surface area contributed by atoms with Crippen LogP contribution in [0.3, 0.4) is 0 Å². The Bertz CT molecular complexity index is 364. The molecular weight excluding hydrogens is 212 g/mol. The lowest BCUT2D eigenvalue weighted by atomic mass is 10.3. The smallest absolute Gasteiger partial charge is 0.222 e. The predicted molar refractivity (Wildman–Crippen MR) is 74.4 cm³/mol. The molecule has 94 valence electrons. The number of guanidine groups is 1. The van der Waals surface area contributed by atoms with Gasteiger partial charge in [0.2, 0.25) is 5.96 Å². The number of nitrogens with one attached hydrogen (secondary N) is 1. The van der Waals surface area contributed by atoms with E-state index in [9.17, 15) is 0 Å². The molecule has 1 N–H and O–H groups in total. The van der Waals surface area contributed by atoms with Crippen LogP contribution in [0, 0.1) is 0 Å². The summed E-state index contributed by atoms with van der Waals surface area (Å²) >= 11 is 0. The summed E-state index contributed by atoms with van der Waals surface area (Å²) in [4.78, 5) is 10.8. The van der Waals surface area contributed by atoms with Crippen molar-refractivity contribution in [1.29, 1.82) is 0 Å². The first-order valence-electron chi connectivity index (χ1n) is 6.04. The molecule has 0 atom stereocenters. The first kappa shape index (κ1) is 13.5. The van der Waals surface area contributed by atoms with Crippen molar-refractivity contribution in [2.75, 3.05) is 20.6 Å². The summed E-state index contributed by atoms with van der Waals surface area (Å²) in [6.07, 6.45) is 8.04. The van der Waals surface area contributed by atoms with Crippen molar-refractivity contribution >= 4 is 11.7 Å². The number of hydrogen-bond acceptors (Lipinski definition) is 2. The van der Waals surface area contributed by atoms with E-state index in [0.29, 0.717) is 5.96 Å². The van der Waals surface area contributed by atoms with Crippen LogP contribution in [0.4, 0.5) is 0 Å². The van der Waals surface area contributed by atoms with E-state index >= 15 is 0 Å². The van der Waals surface area contributed by atoms with Crippen molar-refractivity contribution in [2.24, 2.45) is 9.98 Å². The van der Waals surface area contributed by atoms with Crippen LogP contribution in [-0.2, 0) is 0 Å². The lowest BCUT2D eigenvalue weighted by molar-refractivity contribution is 0.496. The molecule has 0 amide bonds. The minimum absolute atomic E-state index is 0.682. The molecule has 1 rings (SSSR count). The average molecular weight is 234 g/mol. The summed E-state index contributed by atoms with van der Waals surface area (Å²) in [6.45, 7) is 5.14. The summed E-state index contributed by atoms with van der Waals surface area (Å²) in [5, 5.41) is 3.27. The van der Waals surface area contributed by atoms with Crippen molar-refractivity contribution in [3.63, 3.8) is 0 Å². The molecule has 0 aromatic carbocycles. The second-order valence-corrected chi connectivity index (χ2v) is 4.01. The van der Waals surface area contributed by atoms with Crippen molar-refractivity contribution in [1.82, 2.24) is 10.2 Å². The van der Waals surface area contributed by atoms with Crippen LogP contribution in [0.25, 0.3) is 0 Å². The minimum atomic E-state index is 0.682. The highest BCUT2D eigenvalue weighted by Crippen LogP contribution is 2.09. The van der Waals surface area contributed by atoms with Crippen LogP contribution >= 0.6 is 0 Å². The summed E-state index contributed by atoms with van der Waals surface area (Å²) in [7, 11) is 3.83. The van der Waals surface area contributed by atoms with Crippen molar-refractivity contribution in [3.8, 4) is 0 Å². The van der Waals surface area contributed by atoms with E-state index < -0.39 is 0 Å². The molecule has 0 bridgehead atoms. The van der Waals surface area contributed by atoms with Gasteiger partial charge in [0, 0.05) is 44.7 Å². The second-order valence-electron chi connectivity index (χ2n) is 4.01. The van der Waals surface area contributed by atoms with Gasteiger partial charge >= 0.3 is 0 Å². The normalized spacial score (nSPS) is 17.9. The number of aliphatic imine (C=N–C) groups is 2. The molecule has 0 aromatic rings. The Balaban J connectivity index is 2.70. The van der Waals surface area contributed by atoms with Crippen molar-refractivity contribution in [3.05, 3.63) is 24.0 Å². The van der Waals surface area contributed by atoms with Gasteiger partial charge < -0.3 is 10.2 Å². The molecule has 0 saturated heterocycles. The first-order valence-corrected chi connectivity index (χ1v) is 6.04. The maximum Gasteiger partial charge on any atom is 0.222 e. The average Bonchev–Trinajstić information content (AvgIpc) is 2.73. The van der Waals surface area contributed by atoms with Crippen LogP contribution in [0.5, 0.6) is 0 Å². The van der Waals surface area contributed by atoms with Gasteiger partial charge in [0.05, 0.1) is 0 Å². The number of allylic oxidation sites excluding steroid dienone is 2. The fraction of sp³-hybridized carbons (Fsp3) is 0.538. The first-order chi connectivity index (χ1) is 8.19. The highest BCUT2D eigenvalue weighted by molar-refractivity contribution is 6.03. The largest absolute Gasteiger partial charge is 0.379 e. The van der Waals surface area contributed by atoms with Gasteiger partial charge in [0.15, 0.2) is 0 Å². The van der Waals surface area contributed by atoms with Crippen molar-refractivity contribution < 1.29 is 0 Å². The summed E-state index contributed by atoms with van der Waals surface area (Å²) < 4.78 is 0. The molecular formula is C13H22N4. The molecule has 4 heteroatoms. The topological polar surface area (TPSA) is 40.0 Å². The molecule has 0 aliphatic carbocycles. The van der Waals surface area contributed by atoms with Crippen LogP contribution in [-0.4, -0.2) is 37.2 Å². The monoisotopic (exact) mass is 234 g/mol. The fourth-order valence-corrected chi connectivity index (χ4v) is 1.63. The lowest BCUT2D eigenvalue weighted by Gasteiger charge is -2.06. The summed E-state index contributed by atoms with van der Waals surface area (Å²) in [5.74, 6) is 0.682. The van der Waals surface area contributed by atoms with Gasteiger partial charge in [-0.3, -0.25) is 4.99 Å². The Kier molecular flexibility index (Phi) is 5.46. The standard InChI is InChI=1S/C13H22N4/c1-5-7-11(6-2)15-13(14-3)16-12-8-9-17(4)10-12/h5,7,10H,6,8-9H2,1-4H3,(H,14,16)/b7-5-,15-11?. The van der Waals surface area contributed by atoms with E-state index in [-0.39, 0.29) is 0 Å². The molecule has 0 radical (unpaired) electrons. The summed E-state index contributed by atoms with van der Waals surface area (Å²) in [6, 6.07) is 0. The molecule has 0 aromatic heterocycles. The zero-order chi connectivity index (χ0) is 12.7. The quantitative estimate of drug-likeness (QED) is 0.600. The maximum atomic E-state index is 4.50. The van der Waals surface area contributed by atoms with Crippen LogP contribution < -0.4 is 5.32 Å². The Morgan fingerprint density at radius 3 is 2.82 bits per heavy atom. The molecule has 17 heavy (non-hydrogen) atoms. The Hall–Kier alpha value is -1.58. The van der Waals surface area contributed by atoms with E-state index in [2.05, 4.69) is 40.4 Å². The van der Waals surface area contributed by atoms with Gasteiger partial charge in [-0.2, -0.15) is 0 Å². The zero-order valence-corrected chi connectivity index (χ0v) is 11.2. The van der Waals surface area contributed by atoms with Crippen molar-refractivity contribution in [2.45, 2.75) is 26.7 Å². The number of hydrogen-bond donors (Lipinski definition) is 1. The molecule has 1 aliphatic heterocycles. The SMILES string of the molecule is C/C=C\C(CC)=NC(=NC)NC1=CN(C)CC1. The molecule has 1 heterocycles. The third-order valence-electron chi connectivity index (χ3n) is 2.57. The van der Waals surface area contributed by atoms with Gasteiger partial charge in [-0.25, -0.2) is 4.99 Å². The van der Waals surface area contributed by atoms with Crippen LogP contribution in [0.1, 0.15) is 26.7 Å². The van der Waals surface area contributed by atoms with Gasteiger partial charge in [-0.05, 0) is 19.4 Å². The number of rotatable bonds is 3. The molecule has 4 nitrogen and oxygen atoms in total. The highest BCUT2D eigenvalue weighted by atomic mass is 15.2. The van der Waals surface area contributed by atoms with E-state index in [4.69, 9.17) is 0 Å². The predicted octanol–water partition coefficient (Wildman–Crippen LogP) is 2.17. The third kappa shape index (κ3) is 4.43. The number of nitrogens with zero attached hydrogens (tertiary/aromatic N) is 3. The Labute approximate surface area is 104 Å². The van der Waals surface area contributed by atoms with E-state index in [1.54, 1.807) is 7.05 Å². The maximum absolute atomic E-state index is 4.50. The Morgan fingerprint density at radius 2 is 2.35 bits per heavy atom. The molecule has 0 saturated carbocycles. The lowest BCUT2D eigenvalue weighted by Crippen LogP contribution is -2.21. The zero-order valence-electron chi connectivity index (χ0n) is 11.2.